The maximum absolute atomic E-state index is 8.70. The van der Waals surface area contributed by atoms with E-state index in [1.807, 2.05) is 12.1 Å². The van der Waals surface area contributed by atoms with Crippen LogP contribution in [0.1, 0.15) is 18.4 Å². The van der Waals surface area contributed by atoms with Crippen molar-refractivity contribution in [3.63, 3.8) is 0 Å². The van der Waals surface area contributed by atoms with Crippen molar-refractivity contribution in [3.8, 4) is 0 Å². The summed E-state index contributed by atoms with van der Waals surface area (Å²) in [5, 5.41) is 16.6. The lowest BCUT2D eigenvalue weighted by Crippen LogP contribution is -2.29. The van der Waals surface area contributed by atoms with Gasteiger partial charge in [0.15, 0.2) is 5.11 Å². The Labute approximate surface area is 121 Å². The summed E-state index contributed by atoms with van der Waals surface area (Å²) in [6, 6.07) is 6.04. The number of benzene rings is 1. The second-order valence-electron chi connectivity index (χ2n) is 4.10. The Bertz CT molecular complexity index is 568. The molecule has 102 valence electrons. The van der Waals surface area contributed by atoms with E-state index in [-0.39, 0.29) is 6.61 Å². The number of thiazole rings is 1. The third-order valence-electron chi connectivity index (χ3n) is 2.61. The minimum atomic E-state index is 0.169. The van der Waals surface area contributed by atoms with Gasteiger partial charge in [-0.05, 0) is 43.3 Å². The van der Waals surface area contributed by atoms with Crippen molar-refractivity contribution in [3.05, 3.63) is 23.2 Å². The zero-order valence-corrected chi connectivity index (χ0v) is 12.4. The summed E-state index contributed by atoms with van der Waals surface area (Å²) in [6.07, 6.45) is 1.65. The third kappa shape index (κ3) is 3.86. The van der Waals surface area contributed by atoms with E-state index in [1.165, 1.54) is 4.70 Å². The molecule has 1 heterocycles. The monoisotopic (exact) mass is 295 g/mol. The zero-order valence-electron chi connectivity index (χ0n) is 10.8. The van der Waals surface area contributed by atoms with Crippen LogP contribution in [0.15, 0.2) is 18.2 Å². The van der Waals surface area contributed by atoms with Crippen molar-refractivity contribution in [2.75, 3.05) is 18.5 Å². The standard InChI is InChI=1S/C13H17N3OS2/c1-2-12-16-10-5-4-9(8-11(10)19-12)15-13(18)14-6-3-7-17/h4-5,8,17H,2-3,6-7H2,1H3,(H2,14,15,18). The van der Waals surface area contributed by atoms with Crippen LogP contribution in [0.5, 0.6) is 0 Å². The zero-order chi connectivity index (χ0) is 13.7. The number of hydrogen-bond acceptors (Lipinski definition) is 4. The molecule has 2 rings (SSSR count). The highest BCUT2D eigenvalue weighted by molar-refractivity contribution is 7.80. The summed E-state index contributed by atoms with van der Waals surface area (Å²) in [5.41, 5.74) is 1.99. The highest BCUT2D eigenvalue weighted by atomic mass is 32.1. The number of aryl methyl sites for hydroxylation is 1. The molecular weight excluding hydrogens is 278 g/mol. The van der Waals surface area contributed by atoms with E-state index in [4.69, 9.17) is 17.3 Å². The number of rotatable bonds is 5. The molecule has 0 radical (unpaired) electrons. The Kier molecular flexibility index (Phi) is 5.07. The second-order valence-corrected chi connectivity index (χ2v) is 5.63. The smallest absolute Gasteiger partial charge is 0.170 e. The quantitative estimate of drug-likeness (QED) is 0.584. The van der Waals surface area contributed by atoms with Crippen LogP contribution in [0.2, 0.25) is 0 Å². The molecule has 0 aliphatic heterocycles. The van der Waals surface area contributed by atoms with Crippen molar-refractivity contribution in [2.45, 2.75) is 19.8 Å². The second kappa shape index (κ2) is 6.79. The van der Waals surface area contributed by atoms with Gasteiger partial charge < -0.3 is 15.7 Å². The van der Waals surface area contributed by atoms with E-state index < -0.39 is 0 Å². The first-order chi connectivity index (χ1) is 9.22. The fraction of sp³-hybridized carbons (Fsp3) is 0.385. The predicted octanol–water partition coefficient (Wildman–Crippen LogP) is 2.53. The SMILES string of the molecule is CCc1nc2ccc(NC(=S)NCCCO)cc2s1. The molecule has 0 spiro atoms. The van der Waals surface area contributed by atoms with Crippen molar-refractivity contribution in [1.29, 1.82) is 0 Å². The molecule has 3 N–H and O–H groups in total. The molecule has 0 saturated heterocycles. The molecule has 0 unspecified atom stereocenters. The van der Waals surface area contributed by atoms with E-state index in [1.54, 1.807) is 11.3 Å². The van der Waals surface area contributed by atoms with Crippen LogP contribution in [0, 0.1) is 0 Å². The fourth-order valence-electron chi connectivity index (χ4n) is 1.66. The Morgan fingerprint density at radius 1 is 1.47 bits per heavy atom. The molecule has 0 aliphatic rings. The van der Waals surface area contributed by atoms with Crippen LogP contribution in [-0.4, -0.2) is 28.4 Å². The van der Waals surface area contributed by atoms with Crippen molar-refractivity contribution < 1.29 is 5.11 Å². The number of aromatic nitrogens is 1. The number of thiocarbonyl (C=S) groups is 1. The van der Waals surface area contributed by atoms with Gasteiger partial charge in [-0.2, -0.15) is 0 Å². The van der Waals surface area contributed by atoms with E-state index in [0.29, 0.717) is 18.1 Å². The molecule has 1 aromatic carbocycles. The maximum Gasteiger partial charge on any atom is 0.170 e. The van der Waals surface area contributed by atoms with Gasteiger partial charge in [-0.1, -0.05) is 6.92 Å². The molecule has 0 atom stereocenters. The molecule has 0 fully saturated rings. The van der Waals surface area contributed by atoms with Crippen LogP contribution in [0.4, 0.5) is 5.69 Å². The first-order valence-corrected chi connectivity index (χ1v) is 7.50. The molecular formula is C13H17N3OS2. The maximum atomic E-state index is 8.70. The lowest BCUT2D eigenvalue weighted by Gasteiger charge is -2.09. The van der Waals surface area contributed by atoms with Gasteiger partial charge in [-0.15, -0.1) is 11.3 Å². The van der Waals surface area contributed by atoms with E-state index in [9.17, 15) is 0 Å². The van der Waals surface area contributed by atoms with Gasteiger partial charge in [0.2, 0.25) is 0 Å². The third-order valence-corrected chi connectivity index (χ3v) is 4.02. The van der Waals surface area contributed by atoms with Gasteiger partial charge in [-0.25, -0.2) is 4.98 Å². The number of fused-ring (bicyclic) bond motifs is 1. The van der Waals surface area contributed by atoms with E-state index in [2.05, 4.69) is 28.6 Å². The largest absolute Gasteiger partial charge is 0.396 e. The van der Waals surface area contributed by atoms with E-state index >= 15 is 0 Å². The normalized spacial score (nSPS) is 10.6. The molecule has 0 bridgehead atoms. The van der Waals surface area contributed by atoms with Gasteiger partial charge in [0.1, 0.15) is 0 Å². The molecule has 1 aromatic heterocycles. The minimum Gasteiger partial charge on any atom is -0.396 e. The van der Waals surface area contributed by atoms with Crippen LogP contribution in [0.3, 0.4) is 0 Å². The highest BCUT2D eigenvalue weighted by Gasteiger charge is 2.04. The topological polar surface area (TPSA) is 57.2 Å². The first-order valence-electron chi connectivity index (χ1n) is 6.28. The number of anilines is 1. The Morgan fingerprint density at radius 2 is 2.32 bits per heavy atom. The molecule has 6 heteroatoms. The highest BCUT2D eigenvalue weighted by Crippen LogP contribution is 2.25. The molecule has 0 aliphatic carbocycles. The molecule has 2 aromatic rings. The fourth-order valence-corrected chi connectivity index (χ4v) is 2.82. The van der Waals surface area contributed by atoms with E-state index in [0.717, 1.165) is 22.6 Å². The number of aliphatic hydroxyl groups is 1. The Balaban J connectivity index is 2.02. The van der Waals surface area contributed by atoms with Crippen molar-refractivity contribution >= 4 is 44.6 Å². The number of nitrogens with zero attached hydrogens (tertiary/aromatic N) is 1. The predicted molar refractivity (Wildman–Crippen MR) is 84.9 cm³/mol. The summed E-state index contributed by atoms with van der Waals surface area (Å²) in [4.78, 5) is 4.53. The Morgan fingerprint density at radius 3 is 3.05 bits per heavy atom. The van der Waals surface area contributed by atoms with Gasteiger partial charge >= 0.3 is 0 Å². The minimum absolute atomic E-state index is 0.169. The average Bonchev–Trinajstić information content (AvgIpc) is 2.81. The van der Waals surface area contributed by atoms with Gasteiger partial charge in [0.05, 0.1) is 15.2 Å². The molecule has 4 nitrogen and oxygen atoms in total. The Hall–Kier alpha value is -1.24. The molecule has 0 saturated carbocycles. The van der Waals surface area contributed by atoms with Crippen molar-refractivity contribution in [1.82, 2.24) is 10.3 Å². The summed E-state index contributed by atoms with van der Waals surface area (Å²) < 4.78 is 1.17. The molecule has 0 amide bonds. The number of nitrogens with one attached hydrogen (secondary N) is 2. The van der Waals surface area contributed by atoms with Gasteiger partial charge in [0, 0.05) is 18.8 Å². The number of aliphatic hydroxyl groups excluding tert-OH is 1. The summed E-state index contributed by atoms with van der Waals surface area (Å²) in [5.74, 6) is 0. The molecule has 19 heavy (non-hydrogen) atoms. The van der Waals surface area contributed by atoms with Crippen LogP contribution >= 0.6 is 23.6 Å². The van der Waals surface area contributed by atoms with Gasteiger partial charge in [0.25, 0.3) is 0 Å². The summed E-state index contributed by atoms with van der Waals surface area (Å²) in [7, 11) is 0. The average molecular weight is 295 g/mol. The van der Waals surface area contributed by atoms with Gasteiger partial charge in [-0.3, -0.25) is 0 Å². The lowest BCUT2D eigenvalue weighted by molar-refractivity contribution is 0.289. The number of hydrogen-bond donors (Lipinski definition) is 3. The summed E-state index contributed by atoms with van der Waals surface area (Å²) in [6.45, 7) is 2.95. The van der Waals surface area contributed by atoms with Crippen LogP contribution in [0.25, 0.3) is 10.2 Å². The van der Waals surface area contributed by atoms with Crippen molar-refractivity contribution in [2.24, 2.45) is 0 Å². The lowest BCUT2D eigenvalue weighted by atomic mass is 10.3. The first kappa shape index (κ1) is 14.2. The summed E-state index contributed by atoms with van der Waals surface area (Å²) >= 11 is 6.90. The van der Waals surface area contributed by atoms with Crippen LogP contribution in [-0.2, 0) is 6.42 Å². The van der Waals surface area contributed by atoms with Crippen LogP contribution < -0.4 is 10.6 Å².